The second kappa shape index (κ2) is 8.68. The highest BCUT2D eigenvalue weighted by Gasteiger charge is 2.25. The summed E-state index contributed by atoms with van der Waals surface area (Å²) in [6, 6.07) is 12.1. The first-order valence-corrected chi connectivity index (χ1v) is 8.76. The lowest BCUT2D eigenvalue weighted by atomic mass is 10.1. The first-order chi connectivity index (χ1) is 13.2. The van der Waals surface area contributed by atoms with Gasteiger partial charge >= 0.3 is 5.97 Å². The molecule has 1 atom stereocenters. The number of ether oxygens (including phenoxy) is 1. The molecule has 0 radical (unpaired) electrons. The predicted molar refractivity (Wildman–Crippen MR) is 95.6 cm³/mol. The molecule has 0 saturated carbocycles. The fourth-order valence-electron chi connectivity index (χ4n) is 2.32. The number of carbonyl (C=O) groups is 2. The van der Waals surface area contributed by atoms with Gasteiger partial charge in [0.15, 0.2) is 12.6 Å². The monoisotopic (exact) mass is 382 g/mol. The van der Waals surface area contributed by atoms with Crippen LogP contribution in [0.1, 0.15) is 17.2 Å². The summed E-state index contributed by atoms with van der Waals surface area (Å²) in [5, 5.41) is 24.5. The number of nitrogens with zero attached hydrogens (tertiary/aromatic N) is 5. The number of nitriles is 1. The number of aromatic nitrogens is 4. The van der Waals surface area contributed by atoms with Crippen molar-refractivity contribution in [1.82, 2.24) is 20.2 Å². The van der Waals surface area contributed by atoms with Crippen LogP contribution in [0.5, 0.6) is 0 Å². The highest BCUT2D eigenvalue weighted by atomic mass is 32.1. The molecule has 0 saturated heterocycles. The maximum absolute atomic E-state index is 12.5. The first kappa shape index (κ1) is 18.2. The second-order valence-electron chi connectivity index (χ2n) is 5.43. The van der Waals surface area contributed by atoms with E-state index in [9.17, 15) is 9.59 Å². The summed E-state index contributed by atoms with van der Waals surface area (Å²) in [7, 11) is 0. The molecule has 1 aromatic carbocycles. The Bertz CT molecular complexity index is 949. The molecule has 136 valence electrons. The lowest BCUT2D eigenvalue weighted by Crippen LogP contribution is -2.28. The highest BCUT2D eigenvalue weighted by Crippen LogP contribution is 2.22. The van der Waals surface area contributed by atoms with Crippen molar-refractivity contribution in [1.29, 1.82) is 5.26 Å². The summed E-state index contributed by atoms with van der Waals surface area (Å²) in [6.45, 7) is -0.477. The van der Waals surface area contributed by atoms with E-state index >= 15 is 0 Å². The number of rotatable bonds is 7. The molecule has 0 aliphatic heterocycles. The number of nitrogens with one attached hydrogen (secondary N) is 1. The normalized spacial score (nSPS) is 11.4. The maximum atomic E-state index is 12.5. The van der Waals surface area contributed by atoms with Crippen LogP contribution in [-0.4, -0.2) is 38.7 Å². The summed E-state index contributed by atoms with van der Waals surface area (Å²) >= 11 is 1.22. The fourth-order valence-corrected chi connectivity index (χ4v) is 3.08. The van der Waals surface area contributed by atoms with Crippen molar-refractivity contribution in [3.05, 3.63) is 59.2 Å². The molecular formula is C17H14N6O3S. The molecule has 0 spiro atoms. The predicted octanol–water partition coefficient (Wildman–Crippen LogP) is 1.57. The summed E-state index contributed by atoms with van der Waals surface area (Å²) in [6.07, 6.45) is 1.63. The van der Waals surface area contributed by atoms with Gasteiger partial charge in [0.1, 0.15) is 17.4 Å². The molecule has 3 aromatic rings. The molecule has 10 heteroatoms. The number of benzene rings is 1. The minimum absolute atomic E-state index is 0.315. The van der Waals surface area contributed by atoms with Crippen molar-refractivity contribution in [3.63, 3.8) is 0 Å². The second-order valence-corrected chi connectivity index (χ2v) is 6.34. The molecule has 3 rings (SSSR count). The molecule has 0 unspecified atom stereocenters. The lowest BCUT2D eigenvalue weighted by Gasteiger charge is -2.15. The molecule has 0 aliphatic rings. The van der Waals surface area contributed by atoms with Gasteiger partial charge in [0, 0.05) is 6.42 Å². The summed E-state index contributed by atoms with van der Waals surface area (Å²) in [4.78, 5) is 24.5. The molecule has 0 aliphatic carbocycles. The van der Waals surface area contributed by atoms with Crippen molar-refractivity contribution in [3.8, 4) is 6.07 Å². The molecule has 9 nitrogen and oxygen atoms in total. The van der Waals surface area contributed by atoms with Gasteiger partial charge in [-0.25, -0.2) is 9.48 Å². The van der Waals surface area contributed by atoms with Crippen LogP contribution in [0.15, 0.2) is 48.1 Å². The largest absolute Gasteiger partial charge is 0.454 e. The number of thiophene rings is 1. The molecule has 2 heterocycles. The Labute approximate surface area is 158 Å². The Morgan fingerprint density at radius 3 is 2.81 bits per heavy atom. The van der Waals surface area contributed by atoms with Crippen molar-refractivity contribution < 1.29 is 14.3 Å². The third-order valence-electron chi connectivity index (χ3n) is 3.61. The number of carbonyl (C=O) groups excluding carboxylic acids is 2. The Balaban J connectivity index is 1.62. The minimum atomic E-state index is -0.799. The van der Waals surface area contributed by atoms with E-state index in [1.807, 2.05) is 36.4 Å². The van der Waals surface area contributed by atoms with E-state index in [1.165, 1.54) is 22.3 Å². The zero-order chi connectivity index (χ0) is 19.1. The van der Waals surface area contributed by atoms with E-state index in [2.05, 4.69) is 20.8 Å². The van der Waals surface area contributed by atoms with E-state index in [0.29, 0.717) is 17.0 Å². The van der Waals surface area contributed by atoms with Gasteiger partial charge in [-0.3, -0.25) is 4.79 Å². The third kappa shape index (κ3) is 4.74. The lowest BCUT2D eigenvalue weighted by molar-refractivity contribution is -0.151. The van der Waals surface area contributed by atoms with Gasteiger partial charge in [0.05, 0.1) is 5.56 Å². The molecule has 1 amide bonds. The zero-order valence-corrected chi connectivity index (χ0v) is 14.8. The average molecular weight is 382 g/mol. The smallest absolute Gasteiger partial charge is 0.331 e. The number of hydrogen-bond acceptors (Lipinski definition) is 8. The van der Waals surface area contributed by atoms with Crippen LogP contribution in [0.3, 0.4) is 0 Å². The van der Waals surface area contributed by atoms with Gasteiger partial charge in [-0.05, 0) is 27.4 Å². The van der Waals surface area contributed by atoms with Gasteiger partial charge in [-0.2, -0.15) is 5.26 Å². The number of hydrogen-bond donors (Lipinski definition) is 1. The van der Waals surface area contributed by atoms with Gasteiger partial charge in [0.25, 0.3) is 5.91 Å². The van der Waals surface area contributed by atoms with Crippen molar-refractivity contribution in [2.75, 3.05) is 11.9 Å². The quantitative estimate of drug-likeness (QED) is 0.615. The van der Waals surface area contributed by atoms with Crippen LogP contribution in [0.25, 0.3) is 0 Å². The molecule has 0 bridgehead atoms. The van der Waals surface area contributed by atoms with Gasteiger partial charge < -0.3 is 10.1 Å². The standard InChI is InChI=1S/C17H14N6O3S/c18-9-13-6-7-27-16(13)20-15(24)10-26-17(25)14(23-11-19-21-22-23)8-12-4-2-1-3-5-12/h1-7,11,14H,8,10H2,(H,20,24)/t14-/m1/s1. The van der Waals surface area contributed by atoms with E-state index < -0.39 is 24.5 Å². The Morgan fingerprint density at radius 2 is 2.11 bits per heavy atom. The van der Waals surface area contributed by atoms with Crippen LogP contribution in [0, 0.1) is 11.3 Å². The van der Waals surface area contributed by atoms with Crippen LogP contribution in [0.2, 0.25) is 0 Å². The fraction of sp³-hybridized carbons (Fsp3) is 0.176. The average Bonchev–Trinajstić information content (AvgIpc) is 3.37. The van der Waals surface area contributed by atoms with E-state index in [-0.39, 0.29) is 0 Å². The Kier molecular flexibility index (Phi) is 5.86. The van der Waals surface area contributed by atoms with Gasteiger partial charge in [0.2, 0.25) is 0 Å². The van der Waals surface area contributed by atoms with Gasteiger partial charge in [-0.15, -0.1) is 16.4 Å². The number of tetrazole rings is 1. The van der Waals surface area contributed by atoms with E-state index in [1.54, 1.807) is 11.4 Å². The van der Waals surface area contributed by atoms with Crippen LogP contribution < -0.4 is 5.32 Å². The summed E-state index contributed by atoms with van der Waals surface area (Å²) < 4.78 is 6.43. The molecule has 0 fully saturated rings. The Hall–Kier alpha value is -3.58. The SMILES string of the molecule is N#Cc1ccsc1NC(=O)COC(=O)[C@@H](Cc1ccccc1)n1cnnn1. The minimum Gasteiger partial charge on any atom is -0.454 e. The summed E-state index contributed by atoms with van der Waals surface area (Å²) in [5.74, 6) is -1.16. The topological polar surface area (TPSA) is 123 Å². The third-order valence-corrected chi connectivity index (χ3v) is 4.44. The van der Waals surface area contributed by atoms with E-state index in [0.717, 1.165) is 5.56 Å². The molecule has 1 N–H and O–H groups in total. The van der Waals surface area contributed by atoms with Crippen LogP contribution >= 0.6 is 11.3 Å². The number of esters is 1. The van der Waals surface area contributed by atoms with Crippen molar-refractivity contribution in [2.24, 2.45) is 0 Å². The first-order valence-electron chi connectivity index (χ1n) is 7.88. The van der Waals surface area contributed by atoms with Gasteiger partial charge in [-0.1, -0.05) is 30.3 Å². The van der Waals surface area contributed by atoms with Crippen molar-refractivity contribution in [2.45, 2.75) is 12.5 Å². The number of amides is 1. The highest BCUT2D eigenvalue weighted by molar-refractivity contribution is 7.14. The summed E-state index contributed by atoms with van der Waals surface area (Å²) in [5.41, 5.74) is 1.26. The Morgan fingerprint density at radius 1 is 1.30 bits per heavy atom. The van der Waals surface area contributed by atoms with Crippen LogP contribution in [0.4, 0.5) is 5.00 Å². The zero-order valence-electron chi connectivity index (χ0n) is 14.0. The van der Waals surface area contributed by atoms with Crippen LogP contribution in [-0.2, 0) is 20.7 Å². The molecule has 2 aromatic heterocycles. The maximum Gasteiger partial charge on any atom is 0.331 e. The van der Waals surface area contributed by atoms with Crippen molar-refractivity contribution >= 4 is 28.2 Å². The number of anilines is 1. The molecule has 27 heavy (non-hydrogen) atoms. The van der Waals surface area contributed by atoms with E-state index in [4.69, 9.17) is 10.00 Å². The molecular weight excluding hydrogens is 368 g/mol.